The predicted molar refractivity (Wildman–Crippen MR) is 53.8 cm³/mol. The maximum Gasteiger partial charge on any atom is 0.125 e. The smallest absolute Gasteiger partial charge is 0.125 e. The van der Waals surface area contributed by atoms with Crippen molar-refractivity contribution >= 4 is 23.2 Å². The van der Waals surface area contributed by atoms with E-state index in [2.05, 4.69) is 5.32 Å². The van der Waals surface area contributed by atoms with Crippen molar-refractivity contribution in [3.05, 3.63) is 27.7 Å². The molecule has 70 valence electrons. The van der Waals surface area contributed by atoms with Gasteiger partial charge in [-0.25, -0.2) is 0 Å². The molecule has 2 nitrogen and oxygen atoms in total. The molecule has 1 aliphatic rings. The highest BCUT2D eigenvalue weighted by Crippen LogP contribution is 2.37. The number of halogens is 2. The number of hydrogen-bond donors (Lipinski definition) is 1. The van der Waals surface area contributed by atoms with Crippen LogP contribution < -0.4 is 10.1 Å². The molecule has 0 saturated carbocycles. The van der Waals surface area contributed by atoms with Crippen LogP contribution in [0.3, 0.4) is 0 Å². The Balaban J connectivity index is 2.47. The van der Waals surface area contributed by atoms with Gasteiger partial charge in [-0.3, -0.25) is 0 Å². The van der Waals surface area contributed by atoms with Gasteiger partial charge in [-0.1, -0.05) is 23.2 Å². The summed E-state index contributed by atoms with van der Waals surface area (Å²) in [5.41, 5.74) is 1.08. The van der Waals surface area contributed by atoms with Gasteiger partial charge in [0, 0.05) is 11.6 Å². The van der Waals surface area contributed by atoms with Crippen LogP contribution in [-0.2, 0) is 0 Å². The first-order valence-corrected chi connectivity index (χ1v) is 4.77. The molecule has 1 unspecified atom stereocenters. The number of benzene rings is 1. The molecule has 13 heavy (non-hydrogen) atoms. The monoisotopic (exact) mass is 217 g/mol. The van der Waals surface area contributed by atoms with Gasteiger partial charge in [-0.05, 0) is 13.1 Å². The van der Waals surface area contributed by atoms with Crippen LogP contribution in [0.1, 0.15) is 11.6 Å². The second-order valence-electron chi connectivity index (χ2n) is 2.96. The van der Waals surface area contributed by atoms with Gasteiger partial charge in [0.25, 0.3) is 0 Å². The maximum absolute atomic E-state index is 5.90. The summed E-state index contributed by atoms with van der Waals surface area (Å²) in [6, 6.07) is 3.84. The summed E-state index contributed by atoms with van der Waals surface area (Å²) in [7, 11) is 1.89. The first-order valence-electron chi connectivity index (χ1n) is 4.01. The third kappa shape index (κ3) is 1.50. The van der Waals surface area contributed by atoms with Crippen molar-refractivity contribution in [1.82, 2.24) is 5.32 Å². The molecule has 0 fully saturated rings. The van der Waals surface area contributed by atoms with Gasteiger partial charge in [0.05, 0.1) is 16.1 Å². The molecular weight excluding hydrogens is 209 g/mol. The average Bonchev–Trinajstić information content (AvgIpc) is 2.48. The zero-order valence-electron chi connectivity index (χ0n) is 7.10. The molecule has 1 heterocycles. The summed E-state index contributed by atoms with van der Waals surface area (Å²) >= 11 is 11.8. The zero-order valence-corrected chi connectivity index (χ0v) is 8.62. The van der Waals surface area contributed by atoms with Crippen LogP contribution in [0.15, 0.2) is 12.1 Å². The van der Waals surface area contributed by atoms with Crippen molar-refractivity contribution in [2.24, 2.45) is 0 Å². The lowest BCUT2D eigenvalue weighted by Crippen LogP contribution is -2.17. The number of fused-ring (bicyclic) bond motifs is 1. The fourth-order valence-corrected chi connectivity index (χ4v) is 1.77. The van der Waals surface area contributed by atoms with Gasteiger partial charge < -0.3 is 10.1 Å². The standard InChI is InChI=1S/C9H9Cl2NO/c1-12-8-4-13-9-3-7(11)6(10)2-5(8)9/h2-3,8,12H,4H2,1H3. The van der Waals surface area contributed by atoms with Crippen LogP contribution in [0.4, 0.5) is 0 Å². The topological polar surface area (TPSA) is 21.3 Å². The minimum absolute atomic E-state index is 0.227. The maximum atomic E-state index is 5.90. The average molecular weight is 218 g/mol. The van der Waals surface area contributed by atoms with Crippen molar-refractivity contribution in [1.29, 1.82) is 0 Å². The third-order valence-corrected chi connectivity index (χ3v) is 2.90. The molecule has 1 aromatic rings. The van der Waals surface area contributed by atoms with E-state index in [-0.39, 0.29) is 6.04 Å². The fraction of sp³-hybridized carbons (Fsp3) is 0.333. The molecule has 1 N–H and O–H groups in total. The number of hydrogen-bond acceptors (Lipinski definition) is 2. The van der Waals surface area contributed by atoms with Gasteiger partial charge in [-0.15, -0.1) is 0 Å². The molecule has 0 amide bonds. The lowest BCUT2D eigenvalue weighted by atomic mass is 10.1. The normalized spacial score (nSPS) is 19.8. The Morgan fingerprint density at radius 2 is 2.08 bits per heavy atom. The molecule has 1 aromatic carbocycles. The summed E-state index contributed by atoms with van der Waals surface area (Å²) < 4.78 is 5.43. The molecule has 0 bridgehead atoms. The van der Waals surface area contributed by atoms with Crippen LogP contribution >= 0.6 is 23.2 Å². The van der Waals surface area contributed by atoms with E-state index in [4.69, 9.17) is 27.9 Å². The molecule has 4 heteroatoms. The van der Waals surface area contributed by atoms with Crippen molar-refractivity contribution in [2.75, 3.05) is 13.7 Å². The second kappa shape index (κ2) is 3.37. The van der Waals surface area contributed by atoms with E-state index >= 15 is 0 Å². The van der Waals surface area contributed by atoms with E-state index < -0.39 is 0 Å². The number of ether oxygens (including phenoxy) is 1. The van der Waals surface area contributed by atoms with Crippen LogP contribution in [-0.4, -0.2) is 13.7 Å². The van der Waals surface area contributed by atoms with E-state index in [0.717, 1.165) is 11.3 Å². The molecule has 0 aromatic heterocycles. The molecular formula is C9H9Cl2NO. The highest BCUT2D eigenvalue weighted by molar-refractivity contribution is 6.42. The van der Waals surface area contributed by atoms with Crippen molar-refractivity contribution < 1.29 is 4.74 Å². The van der Waals surface area contributed by atoms with E-state index in [1.807, 2.05) is 13.1 Å². The second-order valence-corrected chi connectivity index (χ2v) is 3.77. The zero-order chi connectivity index (χ0) is 9.42. The van der Waals surface area contributed by atoms with Gasteiger partial charge >= 0.3 is 0 Å². The van der Waals surface area contributed by atoms with Crippen LogP contribution in [0.25, 0.3) is 0 Å². The summed E-state index contributed by atoms with van der Waals surface area (Å²) in [6.45, 7) is 0.641. The Morgan fingerprint density at radius 1 is 1.38 bits per heavy atom. The highest BCUT2D eigenvalue weighted by Gasteiger charge is 2.23. The molecule has 0 radical (unpaired) electrons. The third-order valence-electron chi connectivity index (χ3n) is 2.18. The van der Waals surface area contributed by atoms with Crippen molar-refractivity contribution in [3.8, 4) is 5.75 Å². The van der Waals surface area contributed by atoms with E-state index in [1.54, 1.807) is 6.07 Å². The Labute approximate surface area is 86.8 Å². The Morgan fingerprint density at radius 3 is 2.77 bits per heavy atom. The predicted octanol–water partition coefficient (Wildman–Crippen LogP) is 2.65. The van der Waals surface area contributed by atoms with E-state index in [1.165, 1.54) is 0 Å². The van der Waals surface area contributed by atoms with Crippen LogP contribution in [0, 0.1) is 0 Å². The van der Waals surface area contributed by atoms with E-state index in [0.29, 0.717) is 16.7 Å². The quantitative estimate of drug-likeness (QED) is 0.782. The molecule has 0 spiro atoms. The fourth-order valence-electron chi connectivity index (χ4n) is 1.44. The first kappa shape index (κ1) is 9.13. The largest absolute Gasteiger partial charge is 0.491 e. The van der Waals surface area contributed by atoms with Crippen LogP contribution in [0.2, 0.25) is 10.0 Å². The van der Waals surface area contributed by atoms with Crippen LogP contribution in [0.5, 0.6) is 5.75 Å². The van der Waals surface area contributed by atoms with E-state index in [9.17, 15) is 0 Å². The van der Waals surface area contributed by atoms with Gasteiger partial charge in [0.15, 0.2) is 0 Å². The number of nitrogens with one attached hydrogen (secondary N) is 1. The lowest BCUT2D eigenvalue weighted by molar-refractivity contribution is 0.318. The molecule has 0 aliphatic carbocycles. The van der Waals surface area contributed by atoms with Crippen molar-refractivity contribution in [2.45, 2.75) is 6.04 Å². The minimum atomic E-state index is 0.227. The molecule has 1 atom stereocenters. The Hall–Kier alpha value is -0.440. The van der Waals surface area contributed by atoms with Gasteiger partial charge in [0.2, 0.25) is 0 Å². The Bertz CT molecular complexity index is 341. The first-order chi connectivity index (χ1) is 6.22. The number of rotatable bonds is 1. The minimum Gasteiger partial charge on any atom is -0.491 e. The summed E-state index contributed by atoms with van der Waals surface area (Å²) in [5, 5.41) is 4.25. The summed E-state index contributed by atoms with van der Waals surface area (Å²) in [5.74, 6) is 0.828. The molecule has 0 saturated heterocycles. The number of likely N-dealkylation sites (N-methyl/N-ethyl adjacent to an activating group) is 1. The van der Waals surface area contributed by atoms with Gasteiger partial charge in [-0.2, -0.15) is 0 Å². The SMILES string of the molecule is CNC1COc2cc(Cl)c(Cl)cc21. The summed E-state index contributed by atoms with van der Waals surface area (Å²) in [6.07, 6.45) is 0. The lowest BCUT2D eigenvalue weighted by Gasteiger charge is -2.06. The Kier molecular flexibility index (Phi) is 2.37. The summed E-state index contributed by atoms with van der Waals surface area (Å²) in [4.78, 5) is 0. The highest BCUT2D eigenvalue weighted by atomic mass is 35.5. The molecule has 1 aliphatic heterocycles. The molecule has 2 rings (SSSR count). The van der Waals surface area contributed by atoms with Gasteiger partial charge in [0.1, 0.15) is 12.4 Å². The van der Waals surface area contributed by atoms with Crippen molar-refractivity contribution in [3.63, 3.8) is 0 Å².